The highest BCUT2D eigenvalue weighted by atomic mass is 35.5. The standard InChI is InChI=1S/C26H37ClO4/c1-19(2)31-18-21-9-7-8-20(16-21)17-23(28)14-12-22-13-15-25(27)24(22)10-5-3-4-6-11-26(29)30/h3,5,7-9,12,14,16,19,22-25,28H,4,6,10-11,13,15,17-18H2,1-2H3,(H,29,30)/b5-3-,14-12+/t22?,23?,24-,25?/m1/s1. The third-order valence-corrected chi connectivity index (χ3v) is 6.27. The molecule has 2 rings (SSSR count). The Hall–Kier alpha value is -1.62. The molecule has 1 saturated carbocycles. The number of hydrogen-bond acceptors (Lipinski definition) is 3. The molecule has 0 aromatic heterocycles. The maximum absolute atomic E-state index is 10.6. The number of carbonyl (C=O) groups is 1. The van der Waals surface area contributed by atoms with E-state index in [0.717, 1.165) is 36.8 Å². The molecule has 3 unspecified atom stereocenters. The minimum absolute atomic E-state index is 0.146. The molecule has 0 radical (unpaired) electrons. The van der Waals surface area contributed by atoms with Crippen molar-refractivity contribution in [3.8, 4) is 0 Å². The Balaban J connectivity index is 1.83. The van der Waals surface area contributed by atoms with Crippen LogP contribution in [0.25, 0.3) is 0 Å². The second kappa shape index (κ2) is 13.7. The van der Waals surface area contributed by atoms with Gasteiger partial charge in [0.25, 0.3) is 0 Å². The van der Waals surface area contributed by atoms with Gasteiger partial charge in [-0.1, -0.05) is 48.6 Å². The van der Waals surface area contributed by atoms with E-state index in [1.165, 1.54) is 0 Å². The van der Waals surface area contributed by atoms with Crippen molar-refractivity contribution in [1.82, 2.24) is 0 Å². The van der Waals surface area contributed by atoms with Crippen LogP contribution in [0, 0.1) is 11.8 Å². The quantitative estimate of drug-likeness (QED) is 0.224. The van der Waals surface area contributed by atoms with Gasteiger partial charge < -0.3 is 14.9 Å². The fourth-order valence-electron chi connectivity index (χ4n) is 4.04. The zero-order valence-electron chi connectivity index (χ0n) is 18.8. The molecule has 4 atom stereocenters. The van der Waals surface area contributed by atoms with Gasteiger partial charge in [0, 0.05) is 18.2 Å². The fraction of sp³-hybridized carbons (Fsp3) is 0.577. The smallest absolute Gasteiger partial charge is 0.303 e. The Kier molecular flexibility index (Phi) is 11.3. The van der Waals surface area contributed by atoms with E-state index in [0.29, 0.717) is 31.3 Å². The largest absolute Gasteiger partial charge is 0.481 e. The molecule has 0 spiro atoms. The molecule has 1 aliphatic rings. The van der Waals surface area contributed by atoms with Crippen LogP contribution in [0.5, 0.6) is 0 Å². The van der Waals surface area contributed by atoms with Crippen molar-refractivity contribution in [3.63, 3.8) is 0 Å². The Labute approximate surface area is 192 Å². The predicted octanol–water partition coefficient (Wildman–Crippen LogP) is 5.91. The van der Waals surface area contributed by atoms with Crippen LogP contribution in [0.4, 0.5) is 0 Å². The van der Waals surface area contributed by atoms with Gasteiger partial charge in [-0.25, -0.2) is 0 Å². The monoisotopic (exact) mass is 448 g/mol. The molecule has 4 nitrogen and oxygen atoms in total. The number of unbranched alkanes of at least 4 members (excludes halogenated alkanes) is 1. The lowest BCUT2D eigenvalue weighted by Gasteiger charge is -2.18. The Bertz CT molecular complexity index is 728. The van der Waals surface area contributed by atoms with Gasteiger partial charge in [0.2, 0.25) is 0 Å². The maximum atomic E-state index is 10.6. The summed E-state index contributed by atoms with van der Waals surface area (Å²) in [4.78, 5) is 10.6. The molecule has 2 N–H and O–H groups in total. The van der Waals surface area contributed by atoms with E-state index in [1.807, 2.05) is 38.1 Å². The Morgan fingerprint density at radius 2 is 2.03 bits per heavy atom. The molecule has 5 heteroatoms. The van der Waals surface area contributed by atoms with E-state index in [9.17, 15) is 9.90 Å². The van der Waals surface area contributed by atoms with E-state index in [1.54, 1.807) is 0 Å². The molecular weight excluding hydrogens is 412 g/mol. The summed E-state index contributed by atoms with van der Waals surface area (Å²) in [6.07, 6.45) is 13.1. The molecule has 0 heterocycles. The normalized spacial score (nSPS) is 22.7. The lowest BCUT2D eigenvalue weighted by atomic mass is 9.91. The van der Waals surface area contributed by atoms with Crippen molar-refractivity contribution in [3.05, 3.63) is 59.7 Å². The van der Waals surface area contributed by atoms with Gasteiger partial charge in [-0.05, 0) is 68.9 Å². The number of aliphatic hydroxyl groups is 1. The number of ether oxygens (including phenoxy) is 1. The molecule has 0 amide bonds. The van der Waals surface area contributed by atoms with Crippen LogP contribution in [0.3, 0.4) is 0 Å². The third kappa shape index (κ3) is 10.0. The zero-order chi connectivity index (χ0) is 22.6. The first-order valence-electron chi connectivity index (χ1n) is 11.4. The van der Waals surface area contributed by atoms with E-state index in [-0.39, 0.29) is 17.9 Å². The van der Waals surface area contributed by atoms with E-state index in [2.05, 4.69) is 24.3 Å². The summed E-state index contributed by atoms with van der Waals surface area (Å²) >= 11 is 6.55. The van der Waals surface area contributed by atoms with Crippen molar-refractivity contribution in [2.45, 2.75) is 83.0 Å². The lowest BCUT2D eigenvalue weighted by Crippen LogP contribution is -2.14. The zero-order valence-corrected chi connectivity index (χ0v) is 19.5. The average molecular weight is 449 g/mol. The first kappa shape index (κ1) is 25.6. The summed E-state index contributed by atoms with van der Waals surface area (Å²) in [7, 11) is 0. The van der Waals surface area contributed by atoms with Crippen molar-refractivity contribution in [2.75, 3.05) is 0 Å². The van der Waals surface area contributed by atoms with Crippen LogP contribution in [-0.4, -0.2) is 33.8 Å². The number of hydrogen-bond donors (Lipinski definition) is 2. The van der Waals surface area contributed by atoms with Gasteiger partial charge in [-0.3, -0.25) is 4.79 Å². The number of carboxylic acid groups (broad SMARTS) is 1. The average Bonchev–Trinajstić information content (AvgIpc) is 3.07. The number of alkyl halides is 1. The van der Waals surface area contributed by atoms with E-state index >= 15 is 0 Å². The van der Waals surface area contributed by atoms with Crippen LogP contribution in [0.1, 0.15) is 63.5 Å². The molecule has 0 aliphatic heterocycles. The lowest BCUT2D eigenvalue weighted by molar-refractivity contribution is -0.137. The summed E-state index contributed by atoms with van der Waals surface area (Å²) in [5, 5.41) is 19.4. The highest BCUT2D eigenvalue weighted by Gasteiger charge is 2.32. The molecule has 31 heavy (non-hydrogen) atoms. The van der Waals surface area contributed by atoms with Gasteiger partial charge in [0.15, 0.2) is 0 Å². The highest BCUT2D eigenvalue weighted by molar-refractivity contribution is 6.21. The summed E-state index contributed by atoms with van der Waals surface area (Å²) in [5.41, 5.74) is 2.22. The summed E-state index contributed by atoms with van der Waals surface area (Å²) in [5.74, 6) is -0.0201. The van der Waals surface area contributed by atoms with Crippen molar-refractivity contribution >= 4 is 17.6 Å². The molecule has 1 aromatic carbocycles. The molecular formula is C26H37ClO4. The third-order valence-electron chi connectivity index (χ3n) is 5.73. The van der Waals surface area contributed by atoms with Crippen LogP contribution < -0.4 is 0 Å². The topological polar surface area (TPSA) is 66.8 Å². The minimum Gasteiger partial charge on any atom is -0.481 e. The van der Waals surface area contributed by atoms with Gasteiger partial charge in [-0.2, -0.15) is 0 Å². The number of benzene rings is 1. The maximum Gasteiger partial charge on any atom is 0.303 e. The van der Waals surface area contributed by atoms with Gasteiger partial charge in [0.05, 0.1) is 18.8 Å². The van der Waals surface area contributed by atoms with Crippen molar-refractivity contribution in [1.29, 1.82) is 0 Å². The van der Waals surface area contributed by atoms with Crippen molar-refractivity contribution < 1.29 is 19.7 Å². The van der Waals surface area contributed by atoms with Gasteiger partial charge in [0.1, 0.15) is 0 Å². The predicted molar refractivity (Wildman–Crippen MR) is 126 cm³/mol. The molecule has 1 aliphatic carbocycles. The van der Waals surface area contributed by atoms with Crippen LogP contribution in [0.15, 0.2) is 48.6 Å². The highest BCUT2D eigenvalue weighted by Crippen LogP contribution is 2.39. The fourth-order valence-corrected chi connectivity index (χ4v) is 4.46. The van der Waals surface area contributed by atoms with Crippen LogP contribution in [-0.2, 0) is 22.6 Å². The molecule has 1 aromatic rings. The number of aliphatic hydroxyl groups excluding tert-OH is 1. The summed E-state index contributed by atoms with van der Waals surface area (Å²) in [6.45, 7) is 4.63. The number of carboxylic acids is 1. The van der Waals surface area contributed by atoms with Gasteiger partial charge >= 0.3 is 5.97 Å². The molecule has 1 fully saturated rings. The second-order valence-electron chi connectivity index (χ2n) is 8.75. The minimum atomic E-state index is -0.746. The number of allylic oxidation sites excluding steroid dienone is 3. The Morgan fingerprint density at radius 1 is 1.26 bits per heavy atom. The molecule has 0 saturated heterocycles. The number of halogens is 1. The van der Waals surface area contributed by atoms with Crippen LogP contribution in [0.2, 0.25) is 0 Å². The number of rotatable bonds is 13. The van der Waals surface area contributed by atoms with Crippen LogP contribution >= 0.6 is 11.6 Å². The first-order valence-corrected chi connectivity index (χ1v) is 11.9. The van der Waals surface area contributed by atoms with Gasteiger partial charge in [-0.15, -0.1) is 11.6 Å². The number of aliphatic carboxylic acids is 1. The molecule has 0 bridgehead atoms. The SMILES string of the molecule is CC(C)OCc1cccc(CC(O)/C=C/C2CCC(Cl)[C@@H]2C/C=C\CCCC(=O)O)c1. The van der Waals surface area contributed by atoms with E-state index in [4.69, 9.17) is 21.4 Å². The molecule has 172 valence electrons. The Morgan fingerprint density at radius 3 is 2.77 bits per heavy atom. The second-order valence-corrected chi connectivity index (χ2v) is 9.31. The van der Waals surface area contributed by atoms with Crippen molar-refractivity contribution in [2.24, 2.45) is 11.8 Å². The van der Waals surface area contributed by atoms with E-state index < -0.39 is 12.1 Å². The summed E-state index contributed by atoms with van der Waals surface area (Å²) in [6, 6.07) is 8.20. The summed E-state index contributed by atoms with van der Waals surface area (Å²) < 4.78 is 5.67. The first-order chi connectivity index (χ1) is 14.8.